The van der Waals surface area contributed by atoms with E-state index in [1.807, 2.05) is 32.9 Å². The van der Waals surface area contributed by atoms with E-state index in [0.717, 1.165) is 22.7 Å². The molecule has 0 saturated heterocycles. The predicted octanol–water partition coefficient (Wildman–Crippen LogP) is 6.53. The molecule has 1 atom stereocenters. The summed E-state index contributed by atoms with van der Waals surface area (Å²) in [5.74, 6) is -0.812. The Morgan fingerprint density at radius 3 is 2.27 bits per heavy atom. The maximum atomic E-state index is 14.2. The van der Waals surface area contributed by atoms with Crippen LogP contribution in [0.4, 0.5) is 5.69 Å². The molecule has 0 spiro atoms. The van der Waals surface area contributed by atoms with Crippen LogP contribution in [0.25, 0.3) is 0 Å². The summed E-state index contributed by atoms with van der Waals surface area (Å²) in [7, 11) is -4.13. The lowest BCUT2D eigenvalue weighted by atomic mass is 10.1. The summed E-state index contributed by atoms with van der Waals surface area (Å²) in [4.78, 5) is 29.0. The van der Waals surface area contributed by atoms with Gasteiger partial charge in [0.05, 0.1) is 20.6 Å². The van der Waals surface area contributed by atoms with Crippen molar-refractivity contribution in [1.29, 1.82) is 0 Å². The minimum absolute atomic E-state index is 0.0431. The zero-order valence-corrected chi connectivity index (χ0v) is 26.2. The quantitative estimate of drug-likeness (QED) is 0.221. The minimum Gasteiger partial charge on any atom is -0.354 e. The van der Waals surface area contributed by atoms with Crippen LogP contribution in [-0.4, -0.2) is 44.3 Å². The van der Waals surface area contributed by atoms with Crippen molar-refractivity contribution in [2.75, 3.05) is 17.4 Å². The lowest BCUT2D eigenvalue weighted by Gasteiger charge is -2.33. The molecule has 1 unspecified atom stereocenters. The Morgan fingerprint density at radius 1 is 0.927 bits per heavy atom. The summed E-state index contributed by atoms with van der Waals surface area (Å²) in [5, 5.41) is 3.61. The van der Waals surface area contributed by atoms with Crippen LogP contribution < -0.4 is 9.62 Å². The van der Waals surface area contributed by atoms with E-state index in [2.05, 4.69) is 5.32 Å². The fourth-order valence-electron chi connectivity index (χ4n) is 4.48. The number of amides is 2. The number of sulfonamides is 1. The fourth-order valence-corrected chi connectivity index (χ4v) is 6.29. The van der Waals surface area contributed by atoms with Gasteiger partial charge in [-0.2, -0.15) is 0 Å². The number of carbonyl (C=O) groups is 2. The number of benzene rings is 3. The second-order valence-electron chi connectivity index (χ2n) is 9.95. The molecule has 10 heteroatoms. The molecule has 7 nitrogen and oxygen atoms in total. The van der Waals surface area contributed by atoms with Gasteiger partial charge in [-0.15, -0.1) is 0 Å². The Bertz CT molecular complexity index is 1470. The summed E-state index contributed by atoms with van der Waals surface area (Å²) >= 11 is 12.4. The van der Waals surface area contributed by atoms with E-state index in [0.29, 0.717) is 39.8 Å². The number of hydrogen-bond acceptors (Lipinski definition) is 4. The van der Waals surface area contributed by atoms with Gasteiger partial charge in [0.25, 0.3) is 10.0 Å². The van der Waals surface area contributed by atoms with E-state index >= 15 is 0 Å². The number of halogens is 2. The highest BCUT2D eigenvalue weighted by Crippen LogP contribution is 2.29. The van der Waals surface area contributed by atoms with Crippen LogP contribution in [0.15, 0.2) is 71.6 Å². The first kappa shape index (κ1) is 32.4. The first-order valence-electron chi connectivity index (χ1n) is 13.7. The van der Waals surface area contributed by atoms with E-state index in [9.17, 15) is 18.0 Å². The minimum atomic E-state index is -4.13. The summed E-state index contributed by atoms with van der Waals surface area (Å²) in [5.41, 5.74) is 2.61. The van der Waals surface area contributed by atoms with Gasteiger partial charge in [0, 0.05) is 13.1 Å². The van der Waals surface area contributed by atoms with Crippen molar-refractivity contribution in [3.05, 3.63) is 93.5 Å². The Hall–Kier alpha value is -3.07. The summed E-state index contributed by atoms with van der Waals surface area (Å²) < 4.78 is 29.1. The van der Waals surface area contributed by atoms with Crippen molar-refractivity contribution < 1.29 is 18.0 Å². The molecule has 0 fully saturated rings. The van der Waals surface area contributed by atoms with E-state index < -0.39 is 28.5 Å². The molecule has 2 amide bonds. The van der Waals surface area contributed by atoms with E-state index in [1.54, 1.807) is 49.4 Å². The number of nitrogens with zero attached hydrogens (tertiary/aromatic N) is 2. The molecule has 3 rings (SSSR count). The monoisotopic (exact) mass is 617 g/mol. The highest BCUT2D eigenvalue weighted by atomic mass is 35.5. The topological polar surface area (TPSA) is 86.8 Å². The maximum Gasteiger partial charge on any atom is 0.264 e. The molecule has 220 valence electrons. The predicted molar refractivity (Wildman–Crippen MR) is 166 cm³/mol. The average Bonchev–Trinajstić information content (AvgIpc) is 2.95. The largest absolute Gasteiger partial charge is 0.354 e. The summed E-state index contributed by atoms with van der Waals surface area (Å²) in [6.45, 7) is 7.54. The zero-order chi connectivity index (χ0) is 30.2. The second kappa shape index (κ2) is 14.7. The molecule has 3 aromatic carbocycles. The third-order valence-electron chi connectivity index (χ3n) is 6.80. The van der Waals surface area contributed by atoms with Gasteiger partial charge in [-0.25, -0.2) is 8.42 Å². The molecule has 3 aromatic rings. The van der Waals surface area contributed by atoms with Crippen LogP contribution in [0.2, 0.25) is 10.0 Å². The molecule has 0 saturated carbocycles. The smallest absolute Gasteiger partial charge is 0.264 e. The van der Waals surface area contributed by atoms with Crippen molar-refractivity contribution in [3.63, 3.8) is 0 Å². The molecular weight excluding hydrogens is 581 g/mol. The van der Waals surface area contributed by atoms with Crippen LogP contribution in [0.5, 0.6) is 0 Å². The average molecular weight is 619 g/mol. The molecule has 0 bridgehead atoms. The second-order valence-corrected chi connectivity index (χ2v) is 12.6. The normalized spacial score (nSPS) is 12.0. The van der Waals surface area contributed by atoms with Crippen molar-refractivity contribution in [2.24, 2.45) is 0 Å². The number of rotatable bonds is 13. The molecule has 0 aliphatic heterocycles. The van der Waals surface area contributed by atoms with E-state index in [-0.39, 0.29) is 17.3 Å². The van der Waals surface area contributed by atoms with Gasteiger partial charge in [-0.3, -0.25) is 13.9 Å². The van der Waals surface area contributed by atoms with E-state index in [4.69, 9.17) is 23.2 Å². The summed E-state index contributed by atoms with van der Waals surface area (Å²) in [6.07, 6.45) is 2.05. The molecule has 0 aliphatic carbocycles. The molecule has 0 radical (unpaired) electrons. The standard InChI is InChI=1S/C31H37Cl2N3O4S/c1-5-7-17-34-31(38)28(6-2)35(20-24-15-16-26(32)27(33)19-24)30(37)21-36(29-18-22(3)13-14-23(29)4)41(39,40)25-11-9-8-10-12-25/h8-16,18-19,28H,5-7,17,20-21H2,1-4H3,(H,34,38). The first-order chi connectivity index (χ1) is 19.5. The highest BCUT2D eigenvalue weighted by Gasteiger charge is 2.34. The number of aryl methyl sites for hydroxylation is 2. The Labute approximate surface area is 253 Å². The maximum absolute atomic E-state index is 14.2. The Balaban J connectivity index is 2.08. The van der Waals surface area contributed by atoms with Gasteiger partial charge in [0.15, 0.2) is 0 Å². The van der Waals surface area contributed by atoms with Gasteiger partial charge in [-0.05, 0) is 73.7 Å². The van der Waals surface area contributed by atoms with Crippen LogP contribution in [0.3, 0.4) is 0 Å². The fraction of sp³-hybridized carbons (Fsp3) is 0.355. The number of carbonyl (C=O) groups excluding carboxylic acids is 2. The molecule has 41 heavy (non-hydrogen) atoms. The molecule has 1 N–H and O–H groups in total. The number of nitrogens with one attached hydrogen (secondary N) is 1. The van der Waals surface area contributed by atoms with E-state index in [1.165, 1.54) is 17.0 Å². The molecule has 0 heterocycles. The molecule has 0 aromatic heterocycles. The number of anilines is 1. The molecular formula is C31H37Cl2N3O4S. The third-order valence-corrected chi connectivity index (χ3v) is 9.31. The van der Waals surface area contributed by atoms with Crippen LogP contribution >= 0.6 is 23.2 Å². The van der Waals surface area contributed by atoms with Crippen LogP contribution in [-0.2, 0) is 26.2 Å². The lowest BCUT2D eigenvalue weighted by Crippen LogP contribution is -2.52. The highest BCUT2D eigenvalue weighted by molar-refractivity contribution is 7.92. The van der Waals surface area contributed by atoms with Crippen molar-refractivity contribution in [2.45, 2.75) is 64.4 Å². The van der Waals surface area contributed by atoms with Gasteiger partial charge >= 0.3 is 0 Å². The van der Waals surface area contributed by atoms with Gasteiger partial charge in [0.1, 0.15) is 12.6 Å². The van der Waals surface area contributed by atoms with Crippen molar-refractivity contribution in [3.8, 4) is 0 Å². The van der Waals surface area contributed by atoms with Gasteiger partial charge in [0.2, 0.25) is 11.8 Å². The zero-order valence-electron chi connectivity index (χ0n) is 23.9. The van der Waals surface area contributed by atoms with Crippen molar-refractivity contribution in [1.82, 2.24) is 10.2 Å². The van der Waals surface area contributed by atoms with Gasteiger partial charge in [-0.1, -0.05) is 79.9 Å². The number of unbranched alkanes of at least 4 members (excludes halogenated alkanes) is 1. The van der Waals surface area contributed by atoms with Crippen LogP contribution in [0, 0.1) is 13.8 Å². The first-order valence-corrected chi connectivity index (χ1v) is 15.8. The SMILES string of the molecule is CCCCNC(=O)C(CC)N(Cc1ccc(Cl)c(Cl)c1)C(=O)CN(c1cc(C)ccc1C)S(=O)(=O)c1ccccc1. The summed E-state index contributed by atoms with van der Waals surface area (Å²) in [6, 6.07) is 17.7. The lowest BCUT2D eigenvalue weighted by molar-refractivity contribution is -0.140. The van der Waals surface area contributed by atoms with Crippen molar-refractivity contribution >= 4 is 50.7 Å². The van der Waals surface area contributed by atoms with Gasteiger partial charge < -0.3 is 10.2 Å². The number of hydrogen-bond donors (Lipinski definition) is 1. The molecule has 0 aliphatic rings. The van der Waals surface area contributed by atoms with Crippen LogP contribution in [0.1, 0.15) is 49.8 Å². The Kier molecular flexibility index (Phi) is 11.6. The third kappa shape index (κ3) is 8.24. The Morgan fingerprint density at radius 2 is 1.63 bits per heavy atom.